The lowest BCUT2D eigenvalue weighted by atomic mass is 9.85. The van der Waals surface area contributed by atoms with Crippen molar-refractivity contribution < 1.29 is 85.4 Å². The molecule has 23 unspecified atom stereocenters. The van der Waals surface area contributed by atoms with Crippen molar-refractivity contribution in [2.45, 2.75) is 204 Å². The highest BCUT2D eigenvalue weighted by atomic mass is 16.6. The molecule has 23 atom stereocenters. The van der Waals surface area contributed by atoms with Gasteiger partial charge in [0.25, 0.3) is 0 Å². The second-order valence-corrected chi connectivity index (χ2v) is 29.6. The van der Waals surface area contributed by atoms with Crippen LogP contribution in [0.4, 0.5) is 0 Å². The summed E-state index contributed by atoms with van der Waals surface area (Å²) in [5, 5.41) is 0. The lowest BCUT2D eigenvalue weighted by molar-refractivity contribution is -0.133. The third-order valence-corrected chi connectivity index (χ3v) is 21.1. The number of ether oxygens (including phenoxy) is 16. The highest BCUT2D eigenvalue weighted by Gasteiger charge is 2.64. The van der Waals surface area contributed by atoms with Gasteiger partial charge in [-0.25, -0.2) is 9.59 Å². The van der Waals surface area contributed by atoms with Gasteiger partial charge in [0.05, 0.1) is 151 Å². The van der Waals surface area contributed by atoms with E-state index in [-0.39, 0.29) is 7.43 Å². The van der Waals surface area contributed by atoms with Crippen LogP contribution in [0, 0.1) is 59.2 Å². The van der Waals surface area contributed by atoms with Crippen molar-refractivity contribution in [2.75, 3.05) is 72.7 Å². The fourth-order valence-electron chi connectivity index (χ4n) is 14.7. The number of allylic oxidation sites excluding steroid dienone is 8. The van der Waals surface area contributed by atoms with E-state index in [1.807, 2.05) is 56.3 Å². The molecule has 18 nitrogen and oxygen atoms in total. The van der Waals surface area contributed by atoms with E-state index in [1.54, 1.807) is 31.4 Å². The molecule has 17 aliphatic rings. The van der Waals surface area contributed by atoms with Crippen LogP contribution < -0.4 is 4.74 Å². The predicted octanol–water partition coefficient (Wildman–Crippen LogP) is 19.4. The normalized spacial score (nSPS) is 32.0. The zero-order valence-electron chi connectivity index (χ0n) is 67.6. The minimum Gasteiger partial charge on any atom is -0.502 e. The molecule has 0 radical (unpaired) electrons. The summed E-state index contributed by atoms with van der Waals surface area (Å²) in [4.78, 5) is 20.4. The van der Waals surface area contributed by atoms with Gasteiger partial charge in [-0.05, 0) is 182 Å². The zero-order valence-corrected chi connectivity index (χ0v) is 67.6. The molecule has 1 aromatic carbocycles. The molecule has 0 spiro atoms. The molecule has 9 aliphatic heterocycles. The first kappa shape index (κ1) is 96.1. The summed E-state index contributed by atoms with van der Waals surface area (Å²) in [5.41, 5.74) is 1.61. The van der Waals surface area contributed by atoms with Crippen molar-refractivity contribution in [1.82, 2.24) is 0 Å². The van der Waals surface area contributed by atoms with Crippen LogP contribution in [-0.4, -0.2) is 158 Å². The average molecular weight is 1570 g/mol. The summed E-state index contributed by atoms with van der Waals surface area (Å²) < 4.78 is 80.2. The quantitative estimate of drug-likeness (QED) is 0.0164. The van der Waals surface area contributed by atoms with Crippen LogP contribution in [0.5, 0.6) is 5.75 Å². The Morgan fingerprint density at radius 2 is 1.17 bits per heavy atom. The lowest BCUT2D eigenvalue weighted by Crippen LogP contribution is -2.19. The number of epoxide rings is 9. The van der Waals surface area contributed by atoms with Crippen LogP contribution in [0.25, 0.3) is 0 Å². The highest BCUT2D eigenvalue weighted by molar-refractivity contribution is 5.87. The minimum absolute atomic E-state index is 0. The summed E-state index contributed by atoms with van der Waals surface area (Å²) in [5.74, 6) is 8.69. The van der Waals surface area contributed by atoms with Gasteiger partial charge >= 0.3 is 11.9 Å². The average Bonchev–Trinajstić information content (AvgIpc) is 1.53. The number of hydrogen-bond acceptors (Lipinski definition) is 18. The van der Waals surface area contributed by atoms with Gasteiger partial charge in [-0.2, -0.15) is 0 Å². The Hall–Kier alpha value is -7.46. The van der Waals surface area contributed by atoms with Gasteiger partial charge in [0.2, 0.25) is 0 Å². The summed E-state index contributed by atoms with van der Waals surface area (Å²) >= 11 is 0. The Morgan fingerprint density at radius 3 is 1.65 bits per heavy atom. The summed E-state index contributed by atoms with van der Waals surface area (Å²) in [6, 6.07) is 7.99. The Labute approximate surface area is 678 Å². The fraction of sp³-hybridized carbons (Fsp3) is 0.558. The standard InChI is InChI=1S/C11H12O2.C10H12O.C9H12O.C9H16O.C8H12O.C7H12O2.C7H8O.C7H12O.C6H10O2.C6H8O2.C5H6O2.C5H8O.C4H6O.CH4/c1-2-7-12-10-5-3-9(4-6-10)11-8-13-11;1-2-6-3-5(1)7-4-8-10(11-8)9(6)7;1-2-5-3-6-4-7(5)9-8(6)10-9;1-3-5-6-7-8-9-10-4-2;1-2-6-3-4-7-8(5-6)9-7;1-3-5-9-7-6-8-4-2;1-2-5-3-4(1)6-7(5)8-6;1-2-3-4-5-7-6-8-7;1-2-3-7-4-6-5-8-6;1-4-8-6(7)5(2)3;1-3-5(6)7-4-2;1-2-3-5-4-6-5;1-2-4-3-5-4;/h2-6,11H,1,7-8H2;1-2,5-10H,3-4H2;2,5-9H,1,3-4H2;3-5H,2,6-9H2,1H3;2,6-8H,1,3-5H2;3-5H,2,6-7H2,1H3;1-2,4-7H,3H2;2,7H,1,3-6H2;2,6H,1,3-5H2;4H,1-2H2,3H3;3-4H,1-2H2;2,5H,1,3-4H2;2,4H,1,3H2;1H4/b;;;5-3+;;5-3+;;;;;;;;. The Kier molecular flexibility index (Phi) is 46.9. The van der Waals surface area contributed by atoms with Gasteiger partial charge in [-0.15, -0.1) is 39.5 Å². The Bertz CT molecular complexity index is 3110. The first-order valence-corrected chi connectivity index (χ1v) is 40.5. The molecule has 1 aromatic rings. The zero-order chi connectivity index (χ0) is 80.8. The Balaban J connectivity index is 0.000000220. The molecular weight excluding hydrogens is 1430 g/mol. The molecule has 15 fully saturated rings. The highest BCUT2D eigenvalue weighted by Crippen LogP contribution is 2.62. The monoisotopic (exact) mass is 1570 g/mol. The maximum Gasteiger partial charge on any atom is 0.337 e. The van der Waals surface area contributed by atoms with E-state index in [0.717, 1.165) is 155 Å². The lowest BCUT2D eigenvalue weighted by Gasteiger charge is -2.21. The number of rotatable bonds is 32. The molecule has 113 heavy (non-hydrogen) atoms. The van der Waals surface area contributed by atoms with E-state index in [1.165, 1.54) is 88.7 Å². The van der Waals surface area contributed by atoms with Crippen molar-refractivity contribution in [2.24, 2.45) is 59.2 Å². The van der Waals surface area contributed by atoms with Crippen LogP contribution in [0.1, 0.15) is 136 Å². The van der Waals surface area contributed by atoms with Gasteiger partial charge in [-0.1, -0.05) is 151 Å². The molecule has 18 rings (SSSR count). The van der Waals surface area contributed by atoms with Crippen LogP contribution in [0.15, 0.2) is 238 Å². The SMILES string of the molecule is C.C1=CC2CC1C1CC3OC3C21.C1=CC2CC1C1OC21.C=CC1CC2CC1C1OC21.C=CC1CCC2OC2C1.C=CC1CO1.C=CCC1CO1.C=CCCCC1CO1.C=CCOCC1CO1.C=CCOc1ccc(C2CO2)cc1.C=COC(=O)C(=C)C.C=COC(=O)C=C.C=COCCCC/C=C/C.C=COCCO/C=C/C. The largest absolute Gasteiger partial charge is 0.502 e. The van der Waals surface area contributed by atoms with Gasteiger partial charge in [0.1, 0.15) is 37.8 Å². The third-order valence-electron chi connectivity index (χ3n) is 21.1. The number of hydrogen-bond donors (Lipinski definition) is 0. The second-order valence-electron chi connectivity index (χ2n) is 29.6. The molecule has 18 heteroatoms. The molecule has 9 saturated heterocycles. The number of fused-ring (bicyclic) bond motifs is 18. The van der Waals surface area contributed by atoms with E-state index < -0.39 is 11.9 Å². The first-order chi connectivity index (χ1) is 54.6. The van der Waals surface area contributed by atoms with E-state index >= 15 is 0 Å². The molecule has 0 amide bonds. The number of benzene rings is 1. The van der Waals surface area contributed by atoms with E-state index in [9.17, 15) is 9.59 Å². The summed E-state index contributed by atoms with van der Waals surface area (Å²) in [6.45, 7) is 59.1. The number of esters is 2. The fourth-order valence-corrected chi connectivity index (χ4v) is 14.7. The van der Waals surface area contributed by atoms with Crippen molar-refractivity contribution in [3.63, 3.8) is 0 Å². The van der Waals surface area contributed by atoms with Crippen molar-refractivity contribution >= 4 is 11.9 Å². The van der Waals surface area contributed by atoms with E-state index in [4.69, 9.17) is 66.3 Å². The minimum atomic E-state index is -0.477. The molecule has 6 bridgehead atoms. The molecule has 9 heterocycles. The smallest absolute Gasteiger partial charge is 0.337 e. The van der Waals surface area contributed by atoms with Crippen LogP contribution in [0.3, 0.4) is 0 Å². The van der Waals surface area contributed by atoms with Crippen LogP contribution >= 0.6 is 0 Å². The maximum atomic E-state index is 10.3. The maximum absolute atomic E-state index is 10.3. The summed E-state index contributed by atoms with van der Waals surface area (Å²) in [7, 11) is 0. The third kappa shape index (κ3) is 38.7. The molecule has 8 aliphatic carbocycles. The Morgan fingerprint density at radius 1 is 0.522 bits per heavy atom. The second kappa shape index (κ2) is 55.2. The first-order valence-electron chi connectivity index (χ1n) is 40.5. The van der Waals surface area contributed by atoms with E-state index in [2.05, 4.69) is 144 Å². The molecule has 626 valence electrons. The van der Waals surface area contributed by atoms with Crippen molar-refractivity contribution in [1.29, 1.82) is 0 Å². The molecule has 0 N–H and O–H groups in total. The predicted molar refractivity (Wildman–Crippen MR) is 451 cm³/mol. The van der Waals surface area contributed by atoms with Crippen molar-refractivity contribution in [3.05, 3.63) is 243 Å². The van der Waals surface area contributed by atoms with Gasteiger partial charge in [0.15, 0.2) is 0 Å². The van der Waals surface area contributed by atoms with Crippen LogP contribution in [-0.2, 0) is 80.6 Å². The molecule has 0 aromatic heterocycles. The van der Waals surface area contributed by atoms with Crippen LogP contribution in [0.2, 0.25) is 0 Å². The molecule has 6 saturated carbocycles. The van der Waals surface area contributed by atoms with Gasteiger partial charge in [-0.3, -0.25) is 0 Å². The number of carbonyl (C=O) groups excluding carboxylic acids is 2. The summed E-state index contributed by atoms with van der Waals surface area (Å²) in [6.07, 6.45) is 63.1. The van der Waals surface area contributed by atoms with E-state index in [0.29, 0.717) is 111 Å². The number of carbonyl (C=O) groups is 2. The van der Waals surface area contributed by atoms with Gasteiger partial charge in [0, 0.05) is 23.5 Å². The van der Waals surface area contributed by atoms with Gasteiger partial charge < -0.3 is 75.8 Å². The number of unbranched alkanes of at least 4 members (excludes halogenated alkanes) is 3. The topological polar surface area (TPSA) is 212 Å². The van der Waals surface area contributed by atoms with Crippen molar-refractivity contribution in [3.8, 4) is 5.75 Å². The molecular formula is C95H138O18.